The Morgan fingerprint density at radius 3 is 2.76 bits per heavy atom. The SMILES string of the molecule is COc1ccc2nc(CCl)n(Cc3cccc(Cl)c3)c2c1. The maximum Gasteiger partial charge on any atom is 0.125 e. The number of benzene rings is 2. The van der Waals surface area contributed by atoms with Crippen LogP contribution in [0.5, 0.6) is 5.75 Å². The first-order chi connectivity index (χ1) is 10.2. The molecule has 3 nitrogen and oxygen atoms in total. The summed E-state index contributed by atoms with van der Waals surface area (Å²) in [6, 6.07) is 13.6. The highest BCUT2D eigenvalue weighted by atomic mass is 35.5. The third-order valence-corrected chi connectivity index (χ3v) is 3.86. The molecule has 0 amide bonds. The molecule has 0 saturated carbocycles. The molecule has 0 fully saturated rings. The second-order valence-corrected chi connectivity index (χ2v) is 5.44. The largest absolute Gasteiger partial charge is 0.497 e. The number of aromatic nitrogens is 2. The van der Waals surface area contributed by atoms with Crippen LogP contribution >= 0.6 is 23.2 Å². The van der Waals surface area contributed by atoms with Crippen molar-refractivity contribution in [3.05, 3.63) is 58.9 Å². The molecule has 0 aliphatic rings. The van der Waals surface area contributed by atoms with Crippen molar-refractivity contribution in [2.24, 2.45) is 0 Å². The van der Waals surface area contributed by atoms with Gasteiger partial charge in [-0.1, -0.05) is 23.7 Å². The summed E-state index contributed by atoms with van der Waals surface area (Å²) >= 11 is 12.1. The van der Waals surface area contributed by atoms with E-state index in [4.69, 9.17) is 27.9 Å². The summed E-state index contributed by atoms with van der Waals surface area (Å²) in [5.41, 5.74) is 3.02. The molecule has 21 heavy (non-hydrogen) atoms. The monoisotopic (exact) mass is 320 g/mol. The highest BCUT2D eigenvalue weighted by molar-refractivity contribution is 6.30. The Morgan fingerprint density at radius 2 is 2.05 bits per heavy atom. The number of rotatable bonds is 4. The minimum absolute atomic E-state index is 0.359. The van der Waals surface area contributed by atoms with Crippen molar-refractivity contribution < 1.29 is 4.74 Å². The highest BCUT2D eigenvalue weighted by Gasteiger charge is 2.11. The topological polar surface area (TPSA) is 27.1 Å². The highest BCUT2D eigenvalue weighted by Crippen LogP contribution is 2.24. The van der Waals surface area contributed by atoms with E-state index in [1.165, 1.54) is 0 Å². The summed E-state index contributed by atoms with van der Waals surface area (Å²) in [6.45, 7) is 0.673. The smallest absolute Gasteiger partial charge is 0.125 e. The molecule has 108 valence electrons. The molecule has 0 N–H and O–H groups in total. The van der Waals surface area contributed by atoms with Gasteiger partial charge in [-0.3, -0.25) is 0 Å². The fourth-order valence-corrected chi connectivity index (χ4v) is 2.79. The van der Waals surface area contributed by atoms with Crippen LogP contribution in [0.3, 0.4) is 0 Å². The minimum Gasteiger partial charge on any atom is -0.497 e. The lowest BCUT2D eigenvalue weighted by Crippen LogP contribution is -2.03. The van der Waals surface area contributed by atoms with Crippen molar-refractivity contribution in [1.82, 2.24) is 9.55 Å². The van der Waals surface area contributed by atoms with E-state index >= 15 is 0 Å². The van der Waals surface area contributed by atoms with Gasteiger partial charge in [-0.2, -0.15) is 0 Å². The lowest BCUT2D eigenvalue weighted by atomic mass is 10.2. The molecule has 5 heteroatoms. The number of fused-ring (bicyclic) bond motifs is 1. The van der Waals surface area contributed by atoms with E-state index < -0.39 is 0 Å². The van der Waals surface area contributed by atoms with Crippen LogP contribution in [0.4, 0.5) is 0 Å². The van der Waals surface area contributed by atoms with Crippen LogP contribution in [-0.2, 0) is 12.4 Å². The van der Waals surface area contributed by atoms with Gasteiger partial charge in [-0.05, 0) is 29.8 Å². The summed E-state index contributed by atoms with van der Waals surface area (Å²) in [5.74, 6) is 1.99. The summed E-state index contributed by atoms with van der Waals surface area (Å²) < 4.78 is 7.39. The molecule has 1 aromatic heterocycles. The first-order valence-electron chi connectivity index (χ1n) is 6.55. The minimum atomic E-state index is 0.359. The molecule has 0 saturated heterocycles. The molecular formula is C16H14Cl2N2O. The van der Waals surface area contributed by atoms with Crippen LogP contribution < -0.4 is 4.74 Å². The van der Waals surface area contributed by atoms with Gasteiger partial charge in [0.25, 0.3) is 0 Å². The zero-order chi connectivity index (χ0) is 14.8. The predicted octanol–water partition coefficient (Wildman–Crippen LogP) is 4.49. The van der Waals surface area contributed by atoms with Crippen LogP contribution in [0.1, 0.15) is 11.4 Å². The zero-order valence-electron chi connectivity index (χ0n) is 11.5. The van der Waals surface area contributed by atoms with Gasteiger partial charge in [-0.25, -0.2) is 4.98 Å². The molecule has 0 unspecified atom stereocenters. The van der Waals surface area contributed by atoms with Crippen LogP contribution in [0.15, 0.2) is 42.5 Å². The fraction of sp³-hybridized carbons (Fsp3) is 0.188. The number of alkyl halides is 1. The van der Waals surface area contributed by atoms with Crippen LogP contribution in [0.25, 0.3) is 11.0 Å². The molecule has 1 heterocycles. The first kappa shape index (κ1) is 14.2. The van der Waals surface area contributed by atoms with E-state index in [9.17, 15) is 0 Å². The van der Waals surface area contributed by atoms with Gasteiger partial charge in [0.1, 0.15) is 11.6 Å². The van der Waals surface area contributed by atoms with E-state index in [0.29, 0.717) is 12.4 Å². The Morgan fingerprint density at radius 1 is 1.19 bits per heavy atom. The maximum absolute atomic E-state index is 6.05. The predicted molar refractivity (Wildman–Crippen MR) is 86.4 cm³/mol. The number of hydrogen-bond donors (Lipinski definition) is 0. The van der Waals surface area contributed by atoms with E-state index in [1.807, 2.05) is 42.5 Å². The van der Waals surface area contributed by atoms with Crippen molar-refractivity contribution in [2.75, 3.05) is 7.11 Å². The number of hydrogen-bond acceptors (Lipinski definition) is 2. The summed E-state index contributed by atoms with van der Waals surface area (Å²) in [4.78, 5) is 4.57. The first-order valence-corrected chi connectivity index (χ1v) is 7.46. The number of nitrogens with zero attached hydrogens (tertiary/aromatic N) is 2. The third kappa shape index (κ3) is 2.85. The lowest BCUT2D eigenvalue weighted by Gasteiger charge is -2.09. The van der Waals surface area contributed by atoms with Crippen molar-refractivity contribution in [1.29, 1.82) is 0 Å². The Kier molecular flexibility index (Phi) is 4.04. The molecule has 0 aliphatic carbocycles. The van der Waals surface area contributed by atoms with Gasteiger partial charge in [0.05, 0.1) is 24.0 Å². The van der Waals surface area contributed by atoms with E-state index in [-0.39, 0.29) is 0 Å². The van der Waals surface area contributed by atoms with E-state index in [2.05, 4.69) is 9.55 Å². The molecule has 2 aromatic carbocycles. The second kappa shape index (κ2) is 5.96. The molecule has 3 rings (SSSR count). The number of methoxy groups -OCH3 is 1. The Labute approximate surface area is 133 Å². The second-order valence-electron chi connectivity index (χ2n) is 4.73. The summed E-state index contributed by atoms with van der Waals surface area (Å²) in [7, 11) is 1.65. The van der Waals surface area contributed by atoms with Crippen LogP contribution in [0.2, 0.25) is 5.02 Å². The van der Waals surface area contributed by atoms with Gasteiger partial charge in [-0.15, -0.1) is 11.6 Å². The summed E-state index contributed by atoms with van der Waals surface area (Å²) in [5, 5.41) is 0.724. The Balaban J connectivity index is 2.10. The van der Waals surface area contributed by atoms with Crippen molar-refractivity contribution in [3.63, 3.8) is 0 Å². The van der Waals surface area contributed by atoms with E-state index in [0.717, 1.165) is 33.2 Å². The normalized spacial score (nSPS) is 11.0. The standard InChI is InChI=1S/C16H14Cl2N2O/c1-21-13-5-6-14-15(8-13)20(16(9-17)19-14)10-11-3-2-4-12(18)7-11/h2-8H,9-10H2,1H3. The molecule has 0 aliphatic heterocycles. The number of imidazole rings is 1. The van der Waals surface area contributed by atoms with Gasteiger partial charge in [0.15, 0.2) is 0 Å². The summed E-state index contributed by atoms with van der Waals surface area (Å²) in [6.07, 6.45) is 0. The zero-order valence-corrected chi connectivity index (χ0v) is 13.0. The lowest BCUT2D eigenvalue weighted by molar-refractivity contribution is 0.415. The average Bonchev–Trinajstić information content (AvgIpc) is 2.84. The number of ether oxygens (including phenoxy) is 1. The molecule has 0 atom stereocenters. The van der Waals surface area contributed by atoms with Crippen LogP contribution in [0, 0.1) is 0 Å². The molecule has 0 bridgehead atoms. The third-order valence-electron chi connectivity index (χ3n) is 3.38. The van der Waals surface area contributed by atoms with Crippen molar-refractivity contribution >= 4 is 34.2 Å². The van der Waals surface area contributed by atoms with Gasteiger partial charge >= 0.3 is 0 Å². The van der Waals surface area contributed by atoms with Crippen LogP contribution in [-0.4, -0.2) is 16.7 Å². The number of halogens is 2. The van der Waals surface area contributed by atoms with Crippen molar-refractivity contribution in [2.45, 2.75) is 12.4 Å². The molecule has 3 aromatic rings. The molecular weight excluding hydrogens is 307 g/mol. The van der Waals surface area contributed by atoms with Crippen molar-refractivity contribution in [3.8, 4) is 5.75 Å². The van der Waals surface area contributed by atoms with Gasteiger partial charge in [0.2, 0.25) is 0 Å². The molecule has 0 radical (unpaired) electrons. The Hall–Kier alpha value is -1.71. The van der Waals surface area contributed by atoms with Gasteiger partial charge in [0, 0.05) is 17.6 Å². The maximum atomic E-state index is 6.05. The molecule has 0 spiro atoms. The average molecular weight is 321 g/mol. The fourth-order valence-electron chi connectivity index (χ4n) is 2.38. The van der Waals surface area contributed by atoms with E-state index in [1.54, 1.807) is 7.11 Å². The quantitative estimate of drug-likeness (QED) is 0.662. The van der Waals surface area contributed by atoms with Gasteiger partial charge < -0.3 is 9.30 Å². The Bertz CT molecular complexity index is 783.